The molecule has 0 bridgehead atoms. The zero-order chi connectivity index (χ0) is 18.8. The number of carbonyl (C=O) groups excluding carboxylic acids is 2. The molecule has 0 aliphatic carbocycles. The standard InChI is InChI=1S/C20H28O5/c1-12-8-15(24-19(23)9-12)10-14(3)16(21)7-6-13(2)17-11-18(22)20(4,5)25-17/h9-11,13,15-16,21H,6-8H2,1-5H3/t13-,15-,16+/m1/s1. The Kier molecular flexibility index (Phi) is 5.88. The van der Waals surface area contributed by atoms with Crippen LogP contribution in [-0.2, 0) is 19.1 Å². The average Bonchev–Trinajstić information content (AvgIpc) is 2.77. The quantitative estimate of drug-likeness (QED) is 0.589. The predicted molar refractivity (Wildman–Crippen MR) is 94.7 cm³/mol. The lowest BCUT2D eigenvalue weighted by Crippen LogP contribution is -2.28. The maximum atomic E-state index is 11.8. The molecule has 2 aliphatic heterocycles. The Labute approximate surface area is 149 Å². The summed E-state index contributed by atoms with van der Waals surface area (Å²) in [5.41, 5.74) is 0.984. The van der Waals surface area contributed by atoms with Crippen LogP contribution in [0.25, 0.3) is 0 Å². The van der Waals surface area contributed by atoms with E-state index >= 15 is 0 Å². The molecule has 5 heteroatoms. The molecule has 2 aliphatic rings. The van der Waals surface area contributed by atoms with Gasteiger partial charge in [0.1, 0.15) is 11.9 Å². The fraction of sp³-hybridized carbons (Fsp3) is 0.600. The fourth-order valence-corrected chi connectivity index (χ4v) is 3.00. The van der Waals surface area contributed by atoms with Crippen molar-refractivity contribution in [2.24, 2.45) is 5.92 Å². The first-order valence-electron chi connectivity index (χ1n) is 8.77. The number of carbonyl (C=O) groups is 2. The van der Waals surface area contributed by atoms with Crippen molar-refractivity contribution < 1.29 is 24.2 Å². The molecule has 0 saturated heterocycles. The lowest BCUT2D eigenvalue weighted by Gasteiger charge is -2.23. The Morgan fingerprint density at radius 3 is 2.60 bits per heavy atom. The molecule has 1 N–H and O–H groups in total. The first-order chi connectivity index (χ1) is 11.6. The van der Waals surface area contributed by atoms with Gasteiger partial charge in [0.2, 0.25) is 5.78 Å². The van der Waals surface area contributed by atoms with Gasteiger partial charge >= 0.3 is 5.97 Å². The number of ketones is 1. The number of allylic oxidation sites excluding steroid dienone is 1. The molecule has 3 atom stereocenters. The third-order valence-corrected chi connectivity index (χ3v) is 4.73. The molecule has 0 spiro atoms. The molecule has 2 heterocycles. The average molecular weight is 348 g/mol. The maximum Gasteiger partial charge on any atom is 0.331 e. The molecule has 0 aromatic heterocycles. The van der Waals surface area contributed by atoms with Crippen molar-refractivity contribution in [2.75, 3.05) is 0 Å². The minimum Gasteiger partial charge on any atom is -0.484 e. The third-order valence-electron chi connectivity index (χ3n) is 4.73. The Hall–Kier alpha value is -1.88. The molecule has 0 unspecified atom stereocenters. The van der Waals surface area contributed by atoms with Crippen molar-refractivity contribution in [3.05, 3.63) is 35.1 Å². The van der Waals surface area contributed by atoms with E-state index in [1.807, 2.05) is 26.8 Å². The van der Waals surface area contributed by atoms with Crippen molar-refractivity contribution in [2.45, 2.75) is 71.7 Å². The van der Waals surface area contributed by atoms with Gasteiger partial charge in [-0.1, -0.05) is 12.5 Å². The van der Waals surface area contributed by atoms with Crippen LogP contribution in [0.3, 0.4) is 0 Å². The van der Waals surface area contributed by atoms with Gasteiger partial charge in [0.25, 0.3) is 0 Å². The number of esters is 1. The van der Waals surface area contributed by atoms with Gasteiger partial charge in [-0.25, -0.2) is 4.79 Å². The first-order valence-corrected chi connectivity index (χ1v) is 8.77. The van der Waals surface area contributed by atoms with Gasteiger partial charge in [0, 0.05) is 24.5 Å². The summed E-state index contributed by atoms with van der Waals surface area (Å²) >= 11 is 0. The predicted octanol–water partition coefficient (Wildman–Crippen LogP) is 3.23. The highest BCUT2D eigenvalue weighted by Gasteiger charge is 2.36. The summed E-state index contributed by atoms with van der Waals surface area (Å²) in [7, 11) is 0. The van der Waals surface area contributed by atoms with E-state index in [0.717, 1.165) is 11.1 Å². The van der Waals surface area contributed by atoms with Gasteiger partial charge < -0.3 is 14.6 Å². The second kappa shape index (κ2) is 7.56. The largest absolute Gasteiger partial charge is 0.484 e. The van der Waals surface area contributed by atoms with Crippen molar-refractivity contribution in [1.82, 2.24) is 0 Å². The molecule has 0 amide bonds. The van der Waals surface area contributed by atoms with E-state index in [9.17, 15) is 14.7 Å². The highest BCUT2D eigenvalue weighted by atomic mass is 16.5. The van der Waals surface area contributed by atoms with Crippen LogP contribution in [-0.4, -0.2) is 34.7 Å². The number of aliphatic hydroxyl groups excluding tert-OH is 1. The first kappa shape index (κ1) is 19.4. The summed E-state index contributed by atoms with van der Waals surface area (Å²) in [4.78, 5) is 23.3. The van der Waals surface area contributed by atoms with Crippen LogP contribution >= 0.6 is 0 Å². The monoisotopic (exact) mass is 348 g/mol. The van der Waals surface area contributed by atoms with Crippen LogP contribution in [0, 0.1) is 5.92 Å². The van der Waals surface area contributed by atoms with Crippen LogP contribution in [0.1, 0.15) is 53.9 Å². The van der Waals surface area contributed by atoms with Crippen LogP contribution < -0.4 is 0 Å². The Morgan fingerprint density at radius 1 is 1.36 bits per heavy atom. The second-order valence-electron chi connectivity index (χ2n) is 7.60. The number of hydrogen-bond donors (Lipinski definition) is 1. The minimum absolute atomic E-state index is 0.0199. The van der Waals surface area contributed by atoms with Gasteiger partial charge in [0.05, 0.1) is 6.10 Å². The molecule has 2 rings (SSSR count). The molecular weight excluding hydrogens is 320 g/mol. The van der Waals surface area contributed by atoms with E-state index < -0.39 is 11.7 Å². The third kappa shape index (κ3) is 5.05. The maximum absolute atomic E-state index is 11.8. The van der Waals surface area contributed by atoms with E-state index in [2.05, 4.69) is 0 Å². The molecule has 0 radical (unpaired) electrons. The van der Waals surface area contributed by atoms with E-state index in [4.69, 9.17) is 9.47 Å². The number of hydrogen-bond acceptors (Lipinski definition) is 5. The Balaban J connectivity index is 1.87. The molecule has 25 heavy (non-hydrogen) atoms. The van der Waals surface area contributed by atoms with Crippen molar-refractivity contribution in [3.8, 4) is 0 Å². The van der Waals surface area contributed by atoms with Crippen molar-refractivity contribution in [3.63, 3.8) is 0 Å². The molecule has 0 aromatic rings. The lowest BCUT2D eigenvalue weighted by molar-refractivity contribution is -0.142. The highest BCUT2D eigenvalue weighted by molar-refractivity contribution is 5.98. The fourth-order valence-electron chi connectivity index (χ4n) is 3.00. The molecule has 5 nitrogen and oxygen atoms in total. The smallest absolute Gasteiger partial charge is 0.331 e. The zero-order valence-corrected chi connectivity index (χ0v) is 15.7. The van der Waals surface area contributed by atoms with Gasteiger partial charge in [0.15, 0.2) is 5.60 Å². The summed E-state index contributed by atoms with van der Waals surface area (Å²) in [6.07, 6.45) is 5.86. The van der Waals surface area contributed by atoms with Gasteiger partial charge in [-0.3, -0.25) is 4.79 Å². The normalized spacial score (nSPS) is 25.7. The summed E-state index contributed by atoms with van der Waals surface area (Å²) in [5, 5.41) is 10.4. The van der Waals surface area contributed by atoms with Gasteiger partial charge in [-0.2, -0.15) is 0 Å². The highest BCUT2D eigenvalue weighted by Crippen LogP contribution is 2.31. The van der Waals surface area contributed by atoms with E-state index in [1.54, 1.807) is 19.9 Å². The Bertz CT molecular complexity index is 638. The summed E-state index contributed by atoms with van der Waals surface area (Å²) < 4.78 is 11.0. The van der Waals surface area contributed by atoms with E-state index in [0.29, 0.717) is 25.0 Å². The molecular formula is C20H28O5. The van der Waals surface area contributed by atoms with Gasteiger partial charge in [-0.05, 0) is 52.2 Å². The number of cyclic esters (lactones) is 1. The van der Waals surface area contributed by atoms with Crippen molar-refractivity contribution >= 4 is 11.8 Å². The minimum atomic E-state index is -0.783. The van der Waals surface area contributed by atoms with Crippen LogP contribution in [0.4, 0.5) is 0 Å². The second-order valence-corrected chi connectivity index (χ2v) is 7.60. The zero-order valence-electron chi connectivity index (χ0n) is 15.7. The summed E-state index contributed by atoms with van der Waals surface area (Å²) in [6.45, 7) is 9.25. The molecule has 0 fully saturated rings. The molecule has 0 aromatic carbocycles. The Morgan fingerprint density at radius 2 is 2.04 bits per heavy atom. The summed E-state index contributed by atoms with van der Waals surface area (Å²) in [6, 6.07) is 0. The van der Waals surface area contributed by atoms with E-state index in [1.165, 1.54) is 6.08 Å². The molecule has 138 valence electrons. The summed E-state index contributed by atoms with van der Waals surface area (Å²) in [5.74, 6) is 0.392. The topological polar surface area (TPSA) is 72.8 Å². The number of ether oxygens (including phenoxy) is 2. The van der Waals surface area contributed by atoms with Crippen LogP contribution in [0.2, 0.25) is 0 Å². The lowest BCUT2D eigenvalue weighted by atomic mass is 9.96. The number of rotatable bonds is 6. The van der Waals surface area contributed by atoms with E-state index in [-0.39, 0.29) is 23.8 Å². The van der Waals surface area contributed by atoms with Crippen LogP contribution in [0.5, 0.6) is 0 Å². The SMILES string of the molecule is CC1=CC(=O)O[C@@H](C=C(C)[C@@H](O)CC[C@@H](C)C2=CC(=O)C(C)(C)O2)C1. The number of aliphatic hydroxyl groups is 1. The van der Waals surface area contributed by atoms with Crippen LogP contribution in [0.15, 0.2) is 35.1 Å². The van der Waals surface area contributed by atoms with Crippen molar-refractivity contribution in [1.29, 1.82) is 0 Å². The molecule has 0 saturated carbocycles. The van der Waals surface area contributed by atoms with Gasteiger partial charge in [-0.15, -0.1) is 0 Å².